The first-order valence-electron chi connectivity index (χ1n) is 4.54. The molecule has 0 heterocycles. The van der Waals surface area contributed by atoms with Crippen molar-refractivity contribution < 1.29 is 5.11 Å². The van der Waals surface area contributed by atoms with Crippen LogP contribution in [0.3, 0.4) is 0 Å². The highest BCUT2D eigenvalue weighted by Crippen LogP contribution is 2.38. The predicted octanol–water partition coefficient (Wildman–Crippen LogP) is 2.36. The van der Waals surface area contributed by atoms with Crippen LogP contribution in [0.4, 0.5) is 0 Å². The van der Waals surface area contributed by atoms with E-state index in [1.54, 1.807) is 0 Å². The normalized spacial score (nSPS) is 22.7. The van der Waals surface area contributed by atoms with Crippen molar-refractivity contribution in [3.05, 3.63) is 12.7 Å². The molecule has 1 aliphatic carbocycles. The summed E-state index contributed by atoms with van der Waals surface area (Å²) in [5.41, 5.74) is 0. The van der Waals surface area contributed by atoms with Crippen molar-refractivity contribution >= 4 is 0 Å². The van der Waals surface area contributed by atoms with E-state index in [4.69, 9.17) is 0 Å². The number of allylic oxidation sites excluding steroid dienone is 1. The summed E-state index contributed by atoms with van der Waals surface area (Å²) in [6.07, 6.45) is 6.27. The second-order valence-electron chi connectivity index (χ2n) is 3.63. The van der Waals surface area contributed by atoms with Crippen LogP contribution in [-0.4, -0.2) is 11.2 Å². The van der Waals surface area contributed by atoms with E-state index >= 15 is 0 Å². The zero-order valence-corrected chi connectivity index (χ0v) is 7.29. The van der Waals surface area contributed by atoms with E-state index in [0.29, 0.717) is 5.92 Å². The average molecular weight is 154 g/mol. The van der Waals surface area contributed by atoms with Crippen LogP contribution in [0, 0.1) is 11.8 Å². The Balaban J connectivity index is 2.15. The first-order chi connectivity index (χ1) is 5.25. The minimum Gasteiger partial charge on any atom is -0.393 e. The van der Waals surface area contributed by atoms with Crippen LogP contribution in [0.2, 0.25) is 0 Å². The summed E-state index contributed by atoms with van der Waals surface area (Å²) < 4.78 is 0. The van der Waals surface area contributed by atoms with Crippen LogP contribution in [0.15, 0.2) is 12.7 Å². The smallest absolute Gasteiger partial charge is 0.0571 e. The van der Waals surface area contributed by atoms with Gasteiger partial charge in [-0.05, 0) is 37.5 Å². The van der Waals surface area contributed by atoms with Crippen molar-refractivity contribution in [1.82, 2.24) is 0 Å². The van der Waals surface area contributed by atoms with E-state index in [1.165, 1.54) is 12.8 Å². The molecule has 0 aromatic rings. The summed E-state index contributed by atoms with van der Waals surface area (Å²) in [5.74, 6) is 1.32. The van der Waals surface area contributed by atoms with Crippen LogP contribution in [-0.2, 0) is 0 Å². The zero-order valence-electron chi connectivity index (χ0n) is 7.29. The van der Waals surface area contributed by atoms with Crippen LogP contribution in [0.5, 0.6) is 0 Å². The summed E-state index contributed by atoms with van der Waals surface area (Å²) in [4.78, 5) is 0. The molecule has 0 aliphatic heterocycles. The van der Waals surface area contributed by atoms with Crippen molar-refractivity contribution in [2.75, 3.05) is 0 Å². The van der Waals surface area contributed by atoms with Crippen molar-refractivity contribution in [3.8, 4) is 0 Å². The third kappa shape index (κ3) is 2.66. The Hall–Kier alpha value is -0.300. The second-order valence-corrected chi connectivity index (χ2v) is 3.63. The molecule has 1 fully saturated rings. The molecule has 1 aliphatic rings. The zero-order chi connectivity index (χ0) is 8.27. The van der Waals surface area contributed by atoms with Gasteiger partial charge in [-0.3, -0.25) is 0 Å². The van der Waals surface area contributed by atoms with Crippen LogP contribution in [0.1, 0.15) is 32.6 Å². The molecule has 1 saturated carbocycles. The van der Waals surface area contributed by atoms with Gasteiger partial charge in [0.25, 0.3) is 0 Å². The van der Waals surface area contributed by atoms with Gasteiger partial charge in [0, 0.05) is 0 Å². The maximum atomic E-state index is 9.61. The highest BCUT2D eigenvalue weighted by Gasteiger charge is 2.31. The molecule has 1 nitrogen and oxygen atoms in total. The quantitative estimate of drug-likeness (QED) is 0.603. The average Bonchev–Trinajstić information content (AvgIpc) is 2.81. The largest absolute Gasteiger partial charge is 0.393 e. The molecule has 0 radical (unpaired) electrons. The lowest BCUT2D eigenvalue weighted by Crippen LogP contribution is -2.18. The lowest BCUT2D eigenvalue weighted by Gasteiger charge is -2.16. The molecule has 0 bridgehead atoms. The summed E-state index contributed by atoms with van der Waals surface area (Å²) >= 11 is 0. The van der Waals surface area contributed by atoms with Crippen molar-refractivity contribution in [2.45, 2.75) is 38.7 Å². The molecular formula is C10H18O. The first kappa shape index (κ1) is 8.79. The Kier molecular flexibility index (Phi) is 3.13. The number of rotatable bonds is 5. The van der Waals surface area contributed by atoms with Crippen molar-refractivity contribution in [3.63, 3.8) is 0 Å². The van der Waals surface area contributed by atoms with E-state index in [9.17, 15) is 5.11 Å². The summed E-state index contributed by atoms with van der Waals surface area (Å²) in [5, 5.41) is 9.61. The van der Waals surface area contributed by atoms with Crippen LogP contribution in [0.25, 0.3) is 0 Å². The molecule has 11 heavy (non-hydrogen) atoms. The Morgan fingerprint density at radius 3 is 2.73 bits per heavy atom. The van der Waals surface area contributed by atoms with E-state index in [-0.39, 0.29) is 6.10 Å². The van der Waals surface area contributed by atoms with Crippen molar-refractivity contribution in [2.24, 2.45) is 11.8 Å². The van der Waals surface area contributed by atoms with Gasteiger partial charge in [-0.15, -0.1) is 6.58 Å². The SMILES string of the molecule is C=CCCC(O)C(C)C1CC1. The Morgan fingerprint density at radius 2 is 2.27 bits per heavy atom. The van der Waals surface area contributed by atoms with E-state index in [1.807, 2.05) is 6.08 Å². The molecular weight excluding hydrogens is 136 g/mol. The van der Waals surface area contributed by atoms with Gasteiger partial charge in [-0.1, -0.05) is 13.0 Å². The minimum atomic E-state index is -0.0968. The van der Waals surface area contributed by atoms with Crippen molar-refractivity contribution in [1.29, 1.82) is 0 Å². The van der Waals surface area contributed by atoms with Gasteiger partial charge in [-0.2, -0.15) is 0 Å². The molecule has 2 atom stereocenters. The standard InChI is InChI=1S/C10H18O/c1-3-4-5-10(11)8(2)9-6-7-9/h3,8-11H,1,4-7H2,2H3. The molecule has 0 amide bonds. The third-order valence-corrected chi connectivity index (χ3v) is 2.64. The lowest BCUT2D eigenvalue weighted by molar-refractivity contribution is 0.0975. The van der Waals surface area contributed by atoms with Gasteiger partial charge >= 0.3 is 0 Å². The summed E-state index contributed by atoms with van der Waals surface area (Å²) in [7, 11) is 0. The molecule has 64 valence electrons. The van der Waals surface area contributed by atoms with Gasteiger partial charge in [0.15, 0.2) is 0 Å². The highest BCUT2D eigenvalue weighted by molar-refractivity contribution is 4.83. The number of aliphatic hydroxyl groups is 1. The fraction of sp³-hybridized carbons (Fsp3) is 0.800. The number of hydrogen-bond donors (Lipinski definition) is 1. The number of hydrogen-bond acceptors (Lipinski definition) is 1. The third-order valence-electron chi connectivity index (χ3n) is 2.64. The molecule has 0 spiro atoms. The summed E-state index contributed by atoms with van der Waals surface area (Å²) in [6.45, 7) is 5.80. The minimum absolute atomic E-state index is 0.0968. The maximum Gasteiger partial charge on any atom is 0.0571 e. The number of aliphatic hydroxyl groups excluding tert-OH is 1. The molecule has 1 heteroatoms. The Labute approximate surface area is 69.1 Å². The molecule has 0 saturated heterocycles. The van der Waals surface area contributed by atoms with Crippen LogP contribution < -0.4 is 0 Å². The predicted molar refractivity (Wildman–Crippen MR) is 47.3 cm³/mol. The molecule has 2 unspecified atom stereocenters. The Morgan fingerprint density at radius 1 is 1.64 bits per heavy atom. The van der Waals surface area contributed by atoms with E-state index in [0.717, 1.165) is 18.8 Å². The Bertz CT molecular complexity index is 127. The highest BCUT2D eigenvalue weighted by atomic mass is 16.3. The van der Waals surface area contributed by atoms with Gasteiger partial charge in [0.2, 0.25) is 0 Å². The maximum absolute atomic E-state index is 9.61. The van der Waals surface area contributed by atoms with E-state index in [2.05, 4.69) is 13.5 Å². The molecule has 1 N–H and O–H groups in total. The second kappa shape index (κ2) is 3.91. The molecule has 1 rings (SSSR count). The molecule has 0 aromatic heterocycles. The van der Waals surface area contributed by atoms with Gasteiger partial charge in [0.1, 0.15) is 0 Å². The topological polar surface area (TPSA) is 20.2 Å². The van der Waals surface area contributed by atoms with Gasteiger partial charge in [-0.25, -0.2) is 0 Å². The first-order valence-corrected chi connectivity index (χ1v) is 4.54. The molecule has 0 aromatic carbocycles. The van der Waals surface area contributed by atoms with Gasteiger partial charge in [0.05, 0.1) is 6.10 Å². The summed E-state index contributed by atoms with van der Waals surface area (Å²) in [6, 6.07) is 0. The fourth-order valence-electron chi connectivity index (χ4n) is 1.49. The fourth-order valence-corrected chi connectivity index (χ4v) is 1.49. The van der Waals surface area contributed by atoms with Gasteiger partial charge < -0.3 is 5.11 Å². The van der Waals surface area contributed by atoms with Crippen LogP contribution >= 0.6 is 0 Å². The monoisotopic (exact) mass is 154 g/mol. The van der Waals surface area contributed by atoms with E-state index < -0.39 is 0 Å². The lowest BCUT2D eigenvalue weighted by atomic mass is 9.96.